The zero-order chi connectivity index (χ0) is 16.7. The number of nitrogens with zero attached hydrogens (tertiary/aromatic N) is 1. The molecule has 2 rings (SSSR count). The maximum Gasteiger partial charge on any atom is 0.317 e. The molecule has 2 aliphatic rings. The first kappa shape index (κ1) is 17.8. The molecule has 1 saturated heterocycles. The summed E-state index contributed by atoms with van der Waals surface area (Å²) in [6.45, 7) is 8.59. The number of urea groups is 1. The van der Waals surface area contributed by atoms with Crippen LogP contribution in [0.1, 0.15) is 33.1 Å². The average molecular weight is 322 g/mol. The third kappa shape index (κ3) is 5.86. The van der Waals surface area contributed by atoms with Crippen molar-refractivity contribution in [2.24, 2.45) is 11.8 Å². The van der Waals surface area contributed by atoms with Crippen molar-refractivity contribution in [3.8, 4) is 0 Å². The Morgan fingerprint density at radius 3 is 2.91 bits per heavy atom. The Bertz CT molecular complexity index is 448. The summed E-state index contributed by atoms with van der Waals surface area (Å²) in [7, 11) is 0. The molecule has 6 heteroatoms. The van der Waals surface area contributed by atoms with Crippen LogP contribution in [-0.4, -0.2) is 56.1 Å². The van der Waals surface area contributed by atoms with Gasteiger partial charge in [0.1, 0.15) is 0 Å². The Morgan fingerprint density at radius 1 is 1.39 bits per heavy atom. The molecule has 2 heterocycles. The van der Waals surface area contributed by atoms with E-state index in [1.54, 1.807) is 4.90 Å². The number of hydrogen-bond acceptors (Lipinski definition) is 3. The van der Waals surface area contributed by atoms with Crippen LogP contribution in [-0.2, 0) is 4.79 Å². The first-order valence-corrected chi connectivity index (χ1v) is 8.75. The van der Waals surface area contributed by atoms with Crippen molar-refractivity contribution < 1.29 is 9.59 Å². The zero-order valence-electron chi connectivity index (χ0n) is 14.4. The summed E-state index contributed by atoms with van der Waals surface area (Å²) >= 11 is 0. The van der Waals surface area contributed by atoms with E-state index in [1.165, 1.54) is 5.57 Å². The van der Waals surface area contributed by atoms with Crippen molar-refractivity contribution in [1.82, 2.24) is 20.9 Å². The summed E-state index contributed by atoms with van der Waals surface area (Å²) in [5.41, 5.74) is 1.29. The van der Waals surface area contributed by atoms with Crippen LogP contribution in [0.15, 0.2) is 11.6 Å². The fourth-order valence-electron chi connectivity index (χ4n) is 2.95. The fraction of sp³-hybridized carbons (Fsp3) is 0.765. The third-order valence-electron chi connectivity index (χ3n) is 4.39. The molecule has 6 nitrogen and oxygen atoms in total. The summed E-state index contributed by atoms with van der Waals surface area (Å²) in [5.74, 6) is 0.419. The summed E-state index contributed by atoms with van der Waals surface area (Å²) in [6.07, 6.45) is 4.89. The second-order valence-corrected chi connectivity index (χ2v) is 6.90. The van der Waals surface area contributed by atoms with E-state index in [1.807, 2.05) is 0 Å². The van der Waals surface area contributed by atoms with Gasteiger partial charge in [-0.25, -0.2) is 4.79 Å². The maximum absolute atomic E-state index is 12.4. The Morgan fingerprint density at radius 2 is 2.22 bits per heavy atom. The molecule has 0 bridgehead atoms. The lowest BCUT2D eigenvalue weighted by Gasteiger charge is -2.32. The molecule has 3 amide bonds. The highest BCUT2D eigenvalue weighted by Gasteiger charge is 2.28. The van der Waals surface area contributed by atoms with Gasteiger partial charge in [-0.3, -0.25) is 4.79 Å². The molecule has 130 valence electrons. The molecule has 0 aromatic carbocycles. The minimum Gasteiger partial charge on any atom is -0.352 e. The molecular weight excluding hydrogens is 292 g/mol. The van der Waals surface area contributed by atoms with Gasteiger partial charge in [0.2, 0.25) is 5.91 Å². The van der Waals surface area contributed by atoms with E-state index >= 15 is 0 Å². The van der Waals surface area contributed by atoms with Crippen LogP contribution in [0.25, 0.3) is 0 Å². The molecule has 0 aliphatic carbocycles. The molecule has 23 heavy (non-hydrogen) atoms. The van der Waals surface area contributed by atoms with Crippen molar-refractivity contribution >= 4 is 11.9 Å². The zero-order valence-corrected chi connectivity index (χ0v) is 14.4. The minimum absolute atomic E-state index is 0.0442. The fourth-order valence-corrected chi connectivity index (χ4v) is 2.95. The monoisotopic (exact) mass is 322 g/mol. The first-order valence-electron chi connectivity index (χ1n) is 8.75. The molecule has 2 aliphatic heterocycles. The van der Waals surface area contributed by atoms with Crippen LogP contribution >= 0.6 is 0 Å². The lowest BCUT2D eigenvalue weighted by atomic mass is 9.97. The van der Waals surface area contributed by atoms with E-state index in [0.717, 1.165) is 38.9 Å². The van der Waals surface area contributed by atoms with Crippen LogP contribution in [0, 0.1) is 11.8 Å². The maximum atomic E-state index is 12.4. The summed E-state index contributed by atoms with van der Waals surface area (Å²) in [5, 5.41) is 9.24. The van der Waals surface area contributed by atoms with E-state index < -0.39 is 0 Å². The molecule has 0 aromatic rings. The summed E-state index contributed by atoms with van der Waals surface area (Å²) < 4.78 is 0. The van der Waals surface area contributed by atoms with Crippen molar-refractivity contribution in [2.45, 2.75) is 33.1 Å². The van der Waals surface area contributed by atoms with Gasteiger partial charge in [-0.15, -0.1) is 0 Å². The number of carbonyl (C=O) groups is 2. The van der Waals surface area contributed by atoms with Crippen molar-refractivity contribution in [3.63, 3.8) is 0 Å². The van der Waals surface area contributed by atoms with Gasteiger partial charge in [0.25, 0.3) is 0 Å². The lowest BCUT2D eigenvalue weighted by molar-refractivity contribution is -0.126. The van der Waals surface area contributed by atoms with Crippen LogP contribution in [0.2, 0.25) is 0 Å². The largest absolute Gasteiger partial charge is 0.352 e. The standard InChI is InChI=1S/C17H30N4O2/c1-13(2)10-20-17(23)21-9-3-4-15(12-21)16(22)19-11-14-5-7-18-8-6-14/h5,13,15,18H,3-4,6-12H2,1-2H3,(H,19,22)(H,20,23). The second-order valence-electron chi connectivity index (χ2n) is 6.90. The Labute approximate surface area is 139 Å². The molecule has 1 unspecified atom stereocenters. The van der Waals surface area contributed by atoms with Gasteiger partial charge < -0.3 is 20.9 Å². The molecular formula is C17H30N4O2. The van der Waals surface area contributed by atoms with Gasteiger partial charge in [-0.2, -0.15) is 0 Å². The van der Waals surface area contributed by atoms with E-state index in [0.29, 0.717) is 25.6 Å². The van der Waals surface area contributed by atoms with E-state index in [2.05, 4.69) is 35.9 Å². The number of piperidine rings is 1. The highest BCUT2D eigenvalue weighted by Crippen LogP contribution is 2.17. The van der Waals surface area contributed by atoms with Gasteiger partial charge in [0.15, 0.2) is 0 Å². The molecule has 0 saturated carbocycles. The SMILES string of the molecule is CC(C)CNC(=O)N1CCCC(C(=O)NCC2=CCNCC2)C1. The van der Waals surface area contributed by atoms with Gasteiger partial charge >= 0.3 is 6.03 Å². The first-order chi connectivity index (χ1) is 11.1. The number of amides is 3. The molecule has 1 atom stereocenters. The highest BCUT2D eigenvalue weighted by atomic mass is 16.2. The molecule has 1 fully saturated rings. The Balaban J connectivity index is 1.76. The van der Waals surface area contributed by atoms with Gasteiger partial charge in [-0.1, -0.05) is 25.5 Å². The topological polar surface area (TPSA) is 73.5 Å². The number of carbonyl (C=O) groups excluding carboxylic acids is 2. The third-order valence-corrected chi connectivity index (χ3v) is 4.39. The van der Waals surface area contributed by atoms with Crippen molar-refractivity contribution in [3.05, 3.63) is 11.6 Å². The van der Waals surface area contributed by atoms with Gasteiger partial charge in [0.05, 0.1) is 5.92 Å². The van der Waals surface area contributed by atoms with E-state index in [9.17, 15) is 9.59 Å². The highest BCUT2D eigenvalue weighted by molar-refractivity contribution is 5.81. The van der Waals surface area contributed by atoms with Gasteiger partial charge in [-0.05, 0) is 31.7 Å². The van der Waals surface area contributed by atoms with Crippen molar-refractivity contribution in [1.29, 1.82) is 0 Å². The van der Waals surface area contributed by atoms with E-state index in [-0.39, 0.29) is 17.9 Å². The minimum atomic E-state index is -0.0872. The number of likely N-dealkylation sites (tertiary alicyclic amines) is 1. The van der Waals surface area contributed by atoms with Crippen LogP contribution in [0.3, 0.4) is 0 Å². The Kier molecular flexibility index (Phi) is 6.89. The summed E-state index contributed by atoms with van der Waals surface area (Å²) in [4.78, 5) is 26.3. The molecule has 0 radical (unpaired) electrons. The molecule has 0 aromatic heterocycles. The predicted octanol–water partition coefficient (Wildman–Crippen LogP) is 1.10. The van der Waals surface area contributed by atoms with E-state index in [4.69, 9.17) is 0 Å². The second kappa shape index (κ2) is 8.91. The quantitative estimate of drug-likeness (QED) is 0.664. The predicted molar refractivity (Wildman–Crippen MR) is 91.1 cm³/mol. The van der Waals surface area contributed by atoms with Crippen LogP contribution in [0.4, 0.5) is 4.79 Å². The normalized spacial score (nSPS) is 21.8. The summed E-state index contributed by atoms with van der Waals surface area (Å²) in [6, 6.07) is -0.0442. The molecule has 3 N–H and O–H groups in total. The van der Waals surface area contributed by atoms with Crippen LogP contribution < -0.4 is 16.0 Å². The molecule has 0 spiro atoms. The van der Waals surface area contributed by atoms with Crippen molar-refractivity contribution in [2.75, 3.05) is 39.3 Å². The van der Waals surface area contributed by atoms with Crippen LogP contribution in [0.5, 0.6) is 0 Å². The average Bonchev–Trinajstić information content (AvgIpc) is 2.58. The van der Waals surface area contributed by atoms with Gasteiger partial charge in [0, 0.05) is 32.7 Å². The Hall–Kier alpha value is -1.56. The number of hydrogen-bond donors (Lipinski definition) is 3. The number of rotatable bonds is 5. The lowest BCUT2D eigenvalue weighted by Crippen LogP contribution is -2.49. The smallest absolute Gasteiger partial charge is 0.317 e. The number of nitrogens with one attached hydrogen (secondary N) is 3.